The van der Waals surface area contributed by atoms with E-state index < -0.39 is 20.9 Å². The molecule has 0 atom stereocenters. The van der Waals surface area contributed by atoms with E-state index in [9.17, 15) is 22.6 Å². The molecule has 15 heteroatoms. The Hall–Kier alpha value is -3.95. The highest BCUT2D eigenvalue weighted by Gasteiger charge is 2.33. The largest absolute Gasteiger partial charge is 0.497 e. The molecule has 2 aliphatic rings. The number of ether oxygens (including phenoxy) is 1. The lowest BCUT2D eigenvalue weighted by atomic mass is 10.2. The lowest BCUT2D eigenvalue weighted by molar-refractivity contribution is -0.112. The number of carbonyl (C=O) groups is 1. The lowest BCUT2D eigenvalue weighted by Gasteiger charge is -2.14. The van der Waals surface area contributed by atoms with Gasteiger partial charge >= 0.3 is 0 Å². The molecule has 4 aromatic rings. The van der Waals surface area contributed by atoms with E-state index in [2.05, 4.69) is 10.1 Å². The van der Waals surface area contributed by atoms with Crippen LogP contribution in [0.25, 0.3) is 10.6 Å². The van der Waals surface area contributed by atoms with Crippen molar-refractivity contribution < 1.29 is 22.5 Å². The maximum absolute atomic E-state index is 13.8. The number of thioether (sulfide) groups is 1. The normalized spacial score (nSPS) is 16.7. The van der Waals surface area contributed by atoms with Crippen LogP contribution in [-0.4, -0.2) is 48.3 Å². The minimum absolute atomic E-state index is 0.0794. The number of amides is 1. The van der Waals surface area contributed by atoms with Gasteiger partial charge in [0.15, 0.2) is 0 Å². The van der Waals surface area contributed by atoms with E-state index >= 15 is 0 Å². The van der Waals surface area contributed by atoms with Gasteiger partial charge in [-0.05, 0) is 55.8 Å². The standard InChI is InChI=1S/C26H25ClN4O6S3.C5H5N/c1-5-6-11-30-24(33)22(26-29(3)19-12-15(37-4)7-10-20(19)38-26)39-25(30)21-14(2)28-31(23(21)32)18-9-8-16(13-17(18)27)40(34,35)36;1-2-4-6-5-3-1/h7-10,12-13H,5-6,11H2,1-4H3,(H,34,35,36);1-5H/b25-21+,26-22-;. The molecule has 4 heterocycles. The third kappa shape index (κ3) is 6.62. The second-order valence-corrected chi connectivity index (χ2v) is 14.0. The van der Waals surface area contributed by atoms with Crippen molar-refractivity contribution in [2.24, 2.45) is 5.10 Å². The van der Waals surface area contributed by atoms with Crippen LogP contribution < -0.4 is 29.4 Å². The van der Waals surface area contributed by atoms with Gasteiger partial charge in [-0.3, -0.25) is 23.7 Å². The molecule has 0 unspecified atom stereocenters. The van der Waals surface area contributed by atoms with Gasteiger partial charge < -0.3 is 9.64 Å². The van der Waals surface area contributed by atoms with E-state index in [0.29, 0.717) is 27.2 Å². The maximum atomic E-state index is 13.8. The van der Waals surface area contributed by atoms with Crippen LogP contribution in [0.15, 0.2) is 86.7 Å². The number of fused-ring (bicyclic) bond motifs is 1. The van der Waals surface area contributed by atoms with Crippen molar-refractivity contribution in [1.82, 2.24) is 9.55 Å². The van der Waals surface area contributed by atoms with E-state index in [0.717, 1.165) is 45.6 Å². The maximum Gasteiger partial charge on any atom is 0.294 e. The van der Waals surface area contributed by atoms with Crippen LogP contribution in [-0.2, 0) is 21.5 Å². The lowest BCUT2D eigenvalue weighted by Crippen LogP contribution is -2.35. The fourth-order valence-corrected chi connectivity index (χ4v) is 8.13. The van der Waals surface area contributed by atoms with Crippen LogP contribution in [0.5, 0.6) is 5.75 Å². The van der Waals surface area contributed by atoms with Gasteiger partial charge in [-0.1, -0.05) is 42.8 Å². The number of halogens is 1. The number of nitrogens with zero attached hydrogens (tertiary/aromatic N) is 5. The first-order valence-corrected chi connectivity index (χ1v) is 17.5. The van der Waals surface area contributed by atoms with Crippen LogP contribution >= 0.6 is 34.7 Å². The molecule has 11 nitrogen and oxygen atoms in total. The first kappa shape index (κ1) is 33.4. The topological polar surface area (TPSA) is 134 Å². The van der Waals surface area contributed by atoms with Crippen molar-refractivity contribution in [2.75, 3.05) is 24.1 Å². The summed E-state index contributed by atoms with van der Waals surface area (Å²) in [6.07, 6.45) is 5.09. The predicted octanol–water partition coefficient (Wildman–Crippen LogP) is 4.58. The third-order valence-corrected chi connectivity index (χ3v) is 10.8. The number of benzene rings is 2. The molecule has 2 aromatic carbocycles. The zero-order valence-corrected chi connectivity index (χ0v) is 28.5. The molecule has 1 N–H and O–H groups in total. The van der Waals surface area contributed by atoms with Crippen molar-refractivity contribution in [3.63, 3.8) is 0 Å². The van der Waals surface area contributed by atoms with Crippen molar-refractivity contribution in [3.05, 3.63) is 91.6 Å². The summed E-state index contributed by atoms with van der Waals surface area (Å²) in [6, 6.07) is 15.0. The Morgan fingerprint density at radius 1 is 1.04 bits per heavy atom. The second-order valence-electron chi connectivity index (χ2n) is 10.1. The molecule has 2 aliphatic heterocycles. The Kier molecular flexibility index (Phi) is 10.0. The van der Waals surface area contributed by atoms with Crippen molar-refractivity contribution in [3.8, 4) is 5.75 Å². The van der Waals surface area contributed by atoms with Crippen molar-refractivity contribution in [1.29, 1.82) is 0 Å². The van der Waals surface area contributed by atoms with Crippen LogP contribution in [0.1, 0.15) is 26.7 Å². The highest BCUT2D eigenvalue weighted by atomic mass is 35.5. The molecule has 0 fully saturated rings. The van der Waals surface area contributed by atoms with Crippen molar-refractivity contribution in [2.45, 2.75) is 43.0 Å². The molecule has 0 radical (unpaired) electrons. The number of thiazole rings is 1. The molecule has 46 heavy (non-hydrogen) atoms. The summed E-state index contributed by atoms with van der Waals surface area (Å²) in [5, 5.41) is 6.16. The summed E-state index contributed by atoms with van der Waals surface area (Å²) < 4.78 is 40.3. The highest BCUT2D eigenvalue weighted by molar-refractivity contribution is 8.08. The van der Waals surface area contributed by atoms with Gasteiger partial charge in [-0.2, -0.15) is 18.5 Å². The first-order chi connectivity index (χ1) is 22.0. The molecule has 0 spiro atoms. The summed E-state index contributed by atoms with van der Waals surface area (Å²) in [4.78, 5) is 33.9. The number of hydrogen-bond acceptors (Lipinski definition) is 10. The molecule has 6 rings (SSSR count). The average Bonchev–Trinajstić information content (AvgIpc) is 3.65. The molecule has 0 aliphatic carbocycles. The molecule has 0 saturated carbocycles. The number of carbonyl (C=O) groups excluding carboxylic acids is 1. The monoisotopic (exact) mass is 699 g/mol. The highest BCUT2D eigenvalue weighted by Crippen LogP contribution is 2.46. The minimum atomic E-state index is -4.48. The van der Waals surface area contributed by atoms with E-state index in [1.807, 2.05) is 55.3 Å². The number of anilines is 2. The number of rotatable bonds is 6. The van der Waals surface area contributed by atoms with Gasteiger partial charge in [0.25, 0.3) is 21.6 Å². The van der Waals surface area contributed by atoms with Gasteiger partial charge in [0.1, 0.15) is 20.0 Å². The van der Waals surface area contributed by atoms with Crippen molar-refractivity contribution >= 4 is 78.4 Å². The smallest absolute Gasteiger partial charge is 0.294 e. The molecule has 1 amide bonds. The van der Waals surface area contributed by atoms with E-state index in [-0.39, 0.29) is 21.8 Å². The van der Waals surface area contributed by atoms with Gasteiger partial charge in [0.05, 0.1) is 39.7 Å². The van der Waals surface area contributed by atoms with Crippen LogP contribution in [0, 0.1) is 0 Å². The molecule has 240 valence electrons. The summed E-state index contributed by atoms with van der Waals surface area (Å²) in [5.74, 6) is 0.212. The Morgan fingerprint density at radius 3 is 2.37 bits per heavy atom. The fourth-order valence-electron chi connectivity index (χ4n) is 4.75. The quantitative estimate of drug-likeness (QED) is 0.287. The molecular formula is C31H30ClN5O6S3. The van der Waals surface area contributed by atoms with E-state index in [4.69, 9.17) is 16.3 Å². The number of hydrazone groups is 1. The summed E-state index contributed by atoms with van der Waals surface area (Å²) in [7, 11) is -0.982. The van der Waals surface area contributed by atoms with Crippen LogP contribution in [0.3, 0.4) is 0 Å². The first-order valence-electron chi connectivity index (χ1n) is 14.1. The zero-order valence-electron chi connectivity index (χ0n) is 25.3. The van der Waals surface area contributed by atoms with Gasteiger partial charge in [-0.25, -0.2) is 0 Å². The van der Waals surface area contributed by atoms with E-state index in [1.54, 1.807) is 31.0 Å². The average molecular weight is 700 g/mol. The van der Waals surface area contributed by atoms with Crippen LogP contribution in [0.2, 0.25) is 5.02 Å². The molecule has 0 bridgehead atoms. The number of pyridine rings is 1. The number of unbranched alkanes of at least 4 members (excludes halogenated alkanes) is 1. The van der Waals surface area contributed by atoms with Crippen LogP contribution in [0.4, 0.5) is 11.4 Å². The molecule has 0 saturated heterocycles. The fraction of sp³-hybridized carbons (Fsp3) is 0.226. The second kappa shape index (κ2) is 13.8. The zero-order chi connectivity index (χ0) is 33.2. The summed E-state index contributed by atoms with van der Waals surface area (Å²) >= 11 is 9.02. The van der Waals surface area contributed by atoms with Gasteiger partial charge in [0, 0.05) is 36.9 Å². The number of hydrogen-bond donors (Lipinski definition) is 1. The SMILES string of the molecule is CCCCn1c(=O)/c(=C2/Sc3ccc(OC)cc3N2C)s/c1=C1/C(=O)N(c2ccc(S(=O)(=O)O)cc2Cl)N=C1C.c1ccncc1. The summed E-state index contributed by atoms with van der Waals surface area (Å²) in [6.45, 7) is 4.13. The third-order valence-electron chi connectivity index (χ3n) is 7.10. The van der Waals surface area contributed by atoms with Gasteiger partial charge in [0.2, 0.25) is 0 Å². The number of aromatic nitrogens is 2. The van der Waals surface area contributed by atoms with Gasteiger partial charge in [-0.15, -0.1) is 11.3 Å². The Bertz CT molecular complexity index is 2100. The summed E-state index contributed by atoms with van der Waals surface area (Å²) in [5.41, 5.74) is 1.54. The molecular weight excluding hydrogens is 670 g/mol. The Labute approximate surface area is 278 Å². The molecule has 2 aromatic heterocycles. The predicted molar refractivity (Wildman–Crippen MR) is 183 cm³/mol. The number of methoxy groups -OCH3 is 1. The Morgan fingerprint density at radius 2 is 1.78 bits per heavy atom. The Balaban J connectivity index is 0.000000624. The van der Waals surface area contributed by atoms with E-state index in [1.165, 1.54) is 29.2 Å². The minimum Gasteiger partial charge on any atom is -0.497 e.